The molecule has 292 valence electrons. The number of esters is 1. The predicted octanol–water partition coefficient (Wildman–Crippen LogP) is 6.25. The molecule has 0 heterocycles. The molecule has 1 rings (SSSR count). The summed E-state index contributed by atoms with van der Waals surface area (Å²) in [5.74, 6) is -0.478. The van der Waals surface area contributed by atoms with Crippen molar-refractivity contribution in [3.63, 3.8) is 0 Å². The molecule has 0 radical (unpaired) electrons. The van der Waals surface area contributed by atoms with E-state index in [2.05, 4.69) is 13.8 Å². The number of phosphoric acid groups is 1. The molecule has 0 saturated heterocycles. The Labute approximate surface area is 295 Å². The largest absolute Gasteiger partial charge is 0.472 e. The second kappa shape index (κ2) is 28.9. The normalized spacial score (nSPS) is 24.5. The first kappa shape index (κ1) is 46.4. The molecule has 6 N–H and O–H groups in total. The van der Waals surface area contributed by atoms with Crippen molar-refractivity contribution in [1.82, 2.24) is 0 Å². The Hall–Kier alpha value is -0.660. The van der Waals surface area contributed by atoms with Crippen LogP contribution in [0.1, 0.15) is 162 Å². The van der Waals surface area contributed by atoms with Gasteiger partial charge in [0, 0.05) is 13.0 Å². The predicted molar refractivity (Wildman–Crippen MR) is 189 cm³/mol. The van der Waals surface area contributed by atoms with Gasteiger partial charge in [-0.25, -0.2) is 4.57 Å². The zero-order valence-electron chi connectivity index (χ0n) is 30.5. The molecule has 49 heavy (non-hydrogen) atoms. The molecule has 0 bridgehead atoms. The topological polar surface area (TPSA) is 192 Å². The van der Waals surface area contributed by atoms with Crippen molar-refractivity contribution < 1.29 is 58.3 Å². The summed E-state index contributed by atoms with van der Waals surface area (Å²) in [7, 11) is -5.00. The standard InChI is InChI=1S/C36H71O12P/c1-3-5-7-9-11-13-15-16-18-20-22-24-26-45-27-29(47-30(37)25-23-21-19-17-14-12-10-8-6-4-2)28-46-49(43,44)48-36-34(41)32(39)31(38)33(40)35(36)42/h29,31-36,38-42H,3-28H2,1-2H3,(H,43,44)/t29-,31?,32-,33?,34?,35?,36?/m1/s1. The van der Waals surface area contributed by atoms with Gasteiger partial charge in [0.05, 0.1) is 13.2 Å². The van der Waals surface area contributed by atoms with Crippen LogP contribution in [-0.4, -0.2) is 98.9 Å². The molecule has 1 aliphatic carbocycles. The molecule has 0 amide bonds. The lowest BCUT2D eigenvalue weighted by Crippen LogP contribution is -2.64. The first-order valence-corrected chi connectivity index (χ1v) is 20.9. The maximum atomic E-state index is 12.7. The van der Waals surface area contributed by atoms with Crippen molar-refractivity contribution in [2.24, 2.45) is 0 Å². The SMILES string of the molecule is CCCCCCCCCCCCCCOC[C@H](COP(=O)(O)OC1C(O)C(O)C(O)[C@@H](O)C1O)OC(=O)CCCCCCCCCCCC. The third-order valence-electron chi connectivity index (χ3n) is 9.23. The molecule has 1 aliphatic rings. The highest BCUT2D eigenvalue weighted by atomic mass is 31.2. The minimum absolute atomic E-state index is 0.0693. The first-order valence-electron chi connectivity index (χ1n) is 19.4. The van der Waals surface area contributed by atoms with Crippen LogP contribution in [0.2, 0.25) is 0 Å². The minimum Gasteiger partial charge on any atom is -0.457 e. The summed E-state index contributed by atoms with van der Waals surface area (Å²) in [6.45, 7) is 4.22. The maximum absolute atomic E-state index is 12.7. The van der Waals surface area contributed by atoms with Gasteiger partial charge >= 0.3 is 13.8 Å². The molecule has 13 heteroatoms. The van der Waals surface area contributed by atoms with E-state index in [9.17, 15) is 39.8 Å². The second-order valence-electron chi connectivity index (χ2n) is 13.8. The fourth-order valence-corrected chi connectivity index (χ4v) is 7.03. The summed E-state index contributed by atoms with van der Waals surface area (Å²) in [6, 6.07) is 0. The number of unbranched alkanes of at least 4 members (excludes halogenated alkanes) is 20. The fraction of sp³-hybridized carbons (Fsp3) is 0.972. The summed E-state index contributed by atoms with van der Waals surface area (Å²) < 4.78 is 33.9. The average molecular weight is 727 g/mol. The van der Waals surface area contributed by atoms with E-state index in [-0.39, 0.29) is 13.0 Å². The molecule has 6 unspecified atom stereocenters. The number of aliphatic hydroxyl groups is 5. The van der Waals surface area contributed by atoms with Crippen molar-refractivity contribution in [1.29, 1.82) is 0 Å². The smallest absolute Gasteiger partial charge is 0.457 e. The second-order valence-corrected chi connectivity index (χ2v) is 15.2. The summed E-state index contributed by atoms with van der Waals surface area (Å²) in [5, 5.41) is 49.9. The van der Waals surface area contributed by atoms with Gasteiger partial charge in [-0.05, 0) is 12.8 Å². The Kier molecular flexibility index (Phi) is 27.3. The van der Waals surface area contributed by atoms with Gasteiger partial charge in [0.2, 0.25) is 0 Å². The van der Waals surface area contributed by atoms with Crippen molar-refractivity contribution in [2.75, 3.05) is 19.8 Å². The number of aliphatic hydroxyl groups excluding tert-OH is 5. The summed E-state index contributed by atoms with van der Waals surface area (Å²) >= 11 is 0. The van der Waals surface area contributed by atoms with Crippen LogP contribution in [0, 0.1) is 0 Å². The summed E-state index contributed by atoms with van der Waals surface area (Å²) in [4.78, 5) is 22.9. The Morgan fingerprint density at radius 1 is 0.571 bits per heavy atom. The molecule has 1 fully saturated rings. The number of ether oxygens (including phenoxy) is 2. The van der Waals surface area contributed by atoms with E-state index in [0.29, 0.717) is 13.0 Å². The van der Waals surface area contributed by atoms with E-state index in [1.54, 1.807) is 0 Å². The van der Waals surface area contributed by atoms with Crippen LogP contribution >= 0.6 is 7.82 Å². The van der Waals surface area contributed by atoms with Gasteiger partial charge in [-0.1, -0.05) is 142 Å². The fourth-order valence-electron chi connectivity index (χ4n) is 6.06. The zero-order chi connectivity index (χ0) is 36.3. The van der Waals surface area contributed by atoms with Crippen molar-refractivity contribution in [2.45, 2.75) is 204 Å². The maximum Gasteiger partial charge on any atom is 0.472 e. The van der Waals surface area contributed by atoms with Crippen LogP contribution in [0.4, 0.5) is 0 Å². The lowest BCUT2D eigenvalue weighted by molar-refractivity contribution is -0.220. The molecular weight excluding hydrogens is 655 g/mol. The Balaban J connectivity index is 2.47. The lowest BCUT2D eigenvalue weighted by atomic mass is 9.85. The summed E-state index contributed by atoms with van der Waals surface area (Å²) in [5.41, 5.74) is 0. The summed E-state index contributed by atoms with van der Waals surface area (Å²) in [6.07, 6.45) is 13.3. The van der Waals surface area contributed by atoms with Crippen molar-refractivity contribution in [3.05, 3.63) is 0 Å². The van der Waals surface area contributed by atoms with Gasteiger partial charge in [-0.3, -0.25) is 13.8 Å². The molecule has 12 nitrogen and oxygen atoms in total. The number of hydrogen-bond acceptors (Lipinski definition) is 11. The van der Waals surface area contributed by atoms with Crippen LogP contribution < -0.4 is 0 Å². The molecule has 1 saturated carbocycles. The molecule has 0 aromatic rings. The Morgan fingerprint density at radius 3 is 1.41 bits per heavy atom. The molecule has 0 spiro atoms. The van der Waals surface area contributed by atoms with Gasteiger partial charge in [0.1, 0.15) is 42.7 Å². The van der Waals surface area contributed by atoms with E-state index in [4.69, 9.17) is 18.5 Å². The third kappa shape index (κ3) is 22.1. The van der Waals surface area contributed by atoms with Gasteiger partial charge in [-0.15, -0.1) is 0 Å². The van der Waals surface area contributed by atoms with E-state index in [1.165, 1.54) is 96.3 Å². The minimum atomic E-state index is -5.00. The molecule has 0 aliphatic heterocycles. The third-order valence-corrected chi connectivity index (χ3v) is 10.2. The van der Waals surface area contributed by atoms with Gasteiger partial charge in [0.15, 0.2) is 0 Å². The van der Waals surface area contributed by atoms with Gasteiger partial charge in [0.25, 0.3) is 0 Å². The number of rotatable bonds is 32. The van der Waals surface area contributed by atoms with Crippen molar-refractivity contribution >= 4 is 13.8 Å². The van der Waals surface area contributed by atoms with Crippen LogP contribution in [-0.2, 0) is 27.9 Å². The number of phosphoric ester groups is 1. The highest BCUT2D eigenvalue weighted by Crippen LogP contribution is 2.47. The first-order chi connectivity index (χ1) is 23.5. The van der Waals surface area contributed by atoms with Gasteiger partial charge in [-0.2, -0.15) is 0 Å². The number of hydrogen-bond donors (Lipinski definition) is 6. The van der Waals surface area contributed by atoms with E-state index >= 15 is 0 Å². The number of carbonyl (C=O) groups is 1. The Bertz CT molecular complexity index is 833. The molecular formula is C36H71O12P. The molecule has 0 aromatic carbocycles. The van der Waals surface area contributed by atoms with Crippen molar-refractivity contribution in [3.8, 4) is 0 Å². The van der Waals surface area contributed by atoms with E-state index < -0.39 is 63.1 Å². The Morgan fingerprint density at radius 2 is 0.959 bits per heavy atom. The van der Waals surface area contributed by atoms with Crippen LogP contribution in [0.25, 0.3) is 0 Å². The average Bonchev–Trinajstić information content (AvgIpc) is 3.08. The monoisotopic (exact) mass is 726 g/mol. The lowest BCUT2D eigenvalue weighted by Gasteiger charge is -2.41. The van der Waals surface area contributed by atoms with E-state index in [0.717, 1.165) is 38.5 Å². The highest BCUT2D eigenvalue weighted by molar-refractivity contribution is 7.47. The van der Waals surface area contributed by atoms with E-state index in [1.807, 2.05) is 0 Å². The quantitative estimate of drug-likeness (QED) is 0.0260. The van der Waals surface area contributed by atoms with Crippen LogP contribution in [0.15, 0.2) is 0 Å². The highest BCUT2D eigenvalue weighted by Gasteiger charge is 2.51. The van der Waals surface area contributed by atoms with Crippen LogP contribution in [0.5, 0.6) is 0 Å². The zero-order valence-corrected chi connectivity index (χ0v) is 31.4. The molecule has 8 atom stereocenters. The number of carbonyl (C=O) groups excluding carboxylic acids is 1. The molecule has 0 aromatic heterocycles. The van der Waals surface area contributed by atoms with Gasteiger partial charge < -0.3 is 39.9 Å². The van der Waals surface area contributed by atoms with Crippen LogP contribution in [0.3, 0.4) is 0 Å².